The van der Waals surface area contributed by atoms with Crippen molar-refractivity contribution >= 4 is 23.3 Å². The van der Waals surface area contributed by atoms with Crippen LogP contribution < -0.4 is 27.4 Å². The van der Waals surface area contributed by atoms with Crippen LogP contribution in [-0.2, 0) is 16.0 Å². The quantitative estimate of drug-likeness (QED) is 0.158. The van der Waals surface area contributed by atoms with Crippen LogP contribution in [0.5, 0.6) is 0 Å². The van der Waals surface area contributed by atoms with E-state index in [1.807, 2.05) is 55.5 Å². The molecule has 1 heterocycles. The van der Waals surface area contributed by atoms with Gasteiger partial charge < -0.3 is 27.4 Å². The third kappa shape index (κ3) is 7.82. The second kappa shape index (κ2) is 13.6. The first-order valence-electron chi connectivity index (χ1n) is 14.4. The highest BCUT2D eigenvalue weighted by Crippen LogP contribution is 2.29. The van der Waals surface area contributed by atoms with Crippen LogP contribution in [0.15, 0.2) is 48.5 Å². The number of carbonyl (C=O) groups excluding carboxylic acids is 2. The first kappa shape index (κ1) is 28.6. The van der Waals surface area contributed by atoms with Crippen molar-refractivity contribution in [3.05, 3.63) is 65.2 Å². The summed E-state index contributed by atoms with van der Waals surface area (Å²) < 4.78 is 0. The minimum Gasteiger partial charge on any atom is -0.399 e. The van der Waals surface area contributed by atoms with Crippen LogP contribution >= 0.6 is 0 Å². The maximum atomic E-state index is 14.0. The molecule has 1 saturated heterocycles. The van der Waals surface area contributed by atoms with E-state index in [0.29, 0.717) is 12.1 Å². The Morgan fingerprint density at radius 3 is 2.21 bits per heavy atom. The fraction of sp³-hybridized carbons (Fsp3) is 0.516. The standard InChI is InChI=1S/C31H44N6O2/c1-20-6-5-9-24(18-20)26(19-21-10-12-25(32)13-11-21)30(38)37-28(22-7-3-2-4-8-22)31(39)36-27(29(33)34)23-14-16-35-17-15-23/h5-6,9-13,18,22-23,26-28,35H,2-4,7-8,14-17,19,32H2,1H3,(H3,33,34)(H,36,39)(H,37,38). The Hall–Kier alpha value is -3.39. The minimum atomic E-state index is -0.667. The van der Waals surface area contributed by atoms with E-state index in [2.05, 4.69) is 16.0 Å². The van der Waals surface area contributed by atoms with E-state index in [9.17, 15) is 9.59 Å². The van der Waals surface area contributed by atoms with Gasteiger partial charge in [-0.25, -0.2) is 0 Å². The molecule has 0 spiro atoms. The monoisotopic (exact) mass is 532 g/mol. The van der Waals surface area contributed by atoms with Crippen LogP contribution in [0.3, 0.4) is 0 Å². The fourth-order valence-corrected chi connectivity index (χ4v) is 6.13. The Morgan fingerprint density at radius 2 is 1.56 bits per heavy atom. The highest BCUT2D eigenvalue weighted by molar-refractivity contribution is 5.94. The van der Waals surface area contributed by atoms with Crippen LogP contribution in [0.2, 0.25) is 0 Å². The van der Waals surface area contributed by atoms with Crippen LogP contribution in [0.25, 0.3) is 0 Å². The smallest absolute Gasteiger partial charge is 0.243 e. The van der Waals surface area contributed by atoms with Crippen molar-refractivity contribution in [2.24, 2.45) is 17.6 Å². The van der Waals surface area contributed by atoms with Crippen LogP contribution in [0.1, 0.15) is 67.6 Å². The molecule has 1 aliphatic heterocycles. The molecule has 1 saturated carbocycles. The Balaban J connectivity index is 1.58. The van der Waals surface area contributed by atoms with E-state index < -0.39 is 18.0 Å². The number of benzene rings is 2. The first-order chi connectivity index (χ1) is 18.8. The number of amidine groups is 1. The summed E-state index contributed by atoms with van der Waals surface area (Å²) >= 11 is 0. The Morgan fingerprint density at radius 1 is 0.923 bits per heavy atom. The van der Waals surface area contributed by atoms with Gasteiger partial charge in [0.1, 0.15) is 11.9 Å². The molecule has 3 atom stereocenters. The maximum Gasteiger partial charge on any atom is 0.243 e. The number of nitrogen functional groups attached to an aromatic ring is 1. The first-order valence-corrected chi connectivity index (χ1v) is 14.4. The van der Waals surface area contributed by atoms with Crippen molar-refractivity contribution in [1.82, 2.24) is 16.0 Å². The molecule has 2 aromatic carbocycles. The molecule has 1 aliphatic carbocycles. The van der Waals surface area contributed by atoms with Crippen molar-refractivity contribution in [2.45, 2.75) is 76.3 Å². The normalized spacial score (nSPS) is 19.0. The van der Waals surface area contributed by atoms with Crippen LogP contribution in [-0.4, -0.2) is 42.8 Å². The molecule has 2 aromatic rings. The lowest BCUT2D eigenvalue weighted by atomic mass is 9.82. The van der Waals surface area contributed by atoms with Gasteiger partial charge in [-0.2, -0.15) is 0 Å². The number of nitrogens with two attached hydrogens (primary N) is 2. The summed E-state index contributed by atoms with van der Waals surface area (Å²) in [6.45, 7) is 3.70. The average Bonchev–Trinajstić information content (AvgIpc) is 2.94. The van der Waals surface area contributed by atoms with Crippen molar-refractivity contribution in [3.63, 3.8) is 0 Å². The summed E-state index contributed by atoms with van der Waals surface area (Å²) in [7, 11) is 0. The van der Waals surface area contributed by atoms with Gasteiger partial charge in [-0.1, -0.05) is 61.2 Å². The number of aryl methyl sites for hydroxylation is 1. The summed E-state index contributed by atoms with van der Waals surface area (Å²) in [6, 6.07) is 14.4. The fourth-order valence-electron chi connectivity index (χ4n) is 6.13. The zero-order valence-electron chi connectivity index (χ0n) is 23.0. The number of rotatable bonds is 10. The predicted molar refractivity (Wildman–Crippen MR) is 156 cm³/mol. The zero-order chi connectivity index (χ0) is 27.8. The van der Waals surface area contributed by atoms with Gasteiger partial charge in [0, 0.05) is 5.69 Å². The van der Waals surface area contributed by atoms with Crippen molar-refractivity contribution in [3.8, 4) is 0 Å². The maximum absolute atomic E-state index is 14.0. The van der Waals surface area contributed by atoms with Gasteiger partial charge in [-0.3, -0.25) is 15.0 Å². The number of amides is 2. The van der Waals surface area contributed by atoms with Gasteiger partial charge in [0.15, 0.2) is 0 Å². The summed E-state index contributed by atoms with van der Waals surface area (Å²) in [5, 5.41) is 17.8. The van der Waals surface area contributed by atoms with E-state index in [-0.39, 0.29) is 29.5 Å². The zero-order valence-corrected chi connectivity index (χ0v) is 23.0. The second-order valence-electron chi connectivity index (χ2n) is 11.3. The van der Waals surface area contributed by atoms with E-state index in [1.165, 1.54) is 0 Å². The lowest BCUT2D eigenvalue weighted by molar-refractivity contribution is -0.131. The van der Waals surface area contributed by atoms with Crippen molar-refractivity contribution in [2.75, 3.05) is 18.8 Å². The second-order valence-corrected chi connectivity index (χ2v) is 11.3. The number of anilines is 1. The molecule has 39 heavy (non-hydrogen) atoms. The van der Waals surface area contributed by atoms with Crippen LogP contribution in [0.4, 0.5) is 5.69 Å². The molecular weight excluding hydrogens is 488 g/mol. The number of hydrogen-bond donors (Lipinski definition) is 6. The molecule has 210 valence electrons. The van der Waals surface area contributed by atoms with Gasteiger partial charge in [0.25, 0.3) is 0 Å². The Bertz CT molecular complexity index is 1120. The topological polar surface area (TPSA) is 146 Å². The molecule has 0 radical (unpaired) electrons. The molecule has 2 aliphatic rings. The van der Waals surface area contributed by atoms with E-state index in [0.717, 1.165) is 74.7 Å². The summed E-state index contributed by atoms with van der Waals surface area (Å²) in [5.41, 5.74) is 15.6. The number of nitrogens with one attached hydrogen (secondary N) is 4. The van der Waals surface area contributed by atoms with E-state index in [4.69, 9.17) is 16.9 Å². The van der Waals surface area contributed by atoms with Crippen molar-refractivity contribution in [1.29, 1.82) is 5.41 Å². The number of piperidine rings is 1. The highest BCUT2D eigenvalue weighted by Gasteiger charge is 2.36. The molecule has 2 fully saturated rings. The van der Waals surface area contributed by atoms with E-state index in [1.54, 1.807) is 0 Å². The summed E-state index contributed by atoms with van der Waals surface area (Å²) in [6.07, 6.45) is 7.22. The third-order valence-corrected chi connectivity index (χ3v) is 8.37. The lowest BCUT2D eigenvalue weighted by Crippen LogP contribution is -2.58. The Kier molecular flexibility index (Phi) is 9.98. The number of carbonyl (C=O) groups is 2. The molecule has 8 nitrogen and oxygen atoms in total. The van der Waals surface area contributed by atoms with Gasteiger partial charge in [0.2, 0.25) is 11.8 Å². The molecule has 3 unspecified atom stereocenters. The lowest BCUT2D eigenvalue weighted by Gasteiger charge is -2.35. The average molecular weight is 533 g/mol. The van der Waals surface area contributed by atoms with Gasteiger partial charge in [-0.05, 0) is 87.2 Å². The molecule has 0 aromatic heterocycles. The summed E-state index contributed by atoms with van der Waals surface area (Å²) in [4.78, 5) is 27.9. The van der Waals surface area contributed by atoms with E-state index >= 15 is 0 Å². The number of hydrogen-bond acceptors (Lipinski definition) is 5. The van der Waals surface area contributed by atoms with Gasteiger partial charge in [-0.15, -0.1) is 0 Å². The minimum absolute atomic E-state index is 0.0232. The Labute approximate surface area is 232 Å². The largest absolute Gasteiger partial charge is 0.399 e. The van der Waals surface area contributed by atoms with Gasteiger partial charge >= 0.3 is 0 Å². The van der Waals surface area contributed by atoms with Gasteiger partial charge in [0.05, 0.1) is 12.0 Å². The molecule has 2 amide bonds. The SMILES string of the molecule is Cc1cccc(C(Cc2ccc(N)cc2)C(=O)NC(C(=O)NC(C(=N)N)C2CCNCC2)C2CCCCC2)c1. The molecule has 8 heteroatoms. The molecular formula is C31H44N6O2. The highest BCUT2D eigenvalue weighted by atomic mass is 16.2. The molecule has 0 bridgehead atoms. The third-order valence-electron chi connectivity index (χ3n) is 8.37. The molecule has 4 rings (SSSR count). The predicted octanol–water partition coefficient (Wildman–Crippen LogP) is 3.39. The summed E-state index contributed by atoms with van der Waals surface area (Å²) in [5.74, 6) is -0.710. The molecule has 8 N–H and O–H groups in total. The van der Waals surface area contributed by atoms with Crippen LogP contribution in [0, 0.1) is 24.2 Å². The van der Waals surface area contributed by atoms with Crippen molar-refractivity contribution < 1.29 is 9.59 Å².